The Bertz CT molecular complexity index is 949. The maximum Gasteiger partial charge on any atom is 0.127 e. The molecule has 0 aliphatic heterocycles. The zero-order valence-electron chi connectivity index (χ0n) is 14.5. The summed E-state index contributed by atoms with van der Waals surface area (Å²) in [6.07, 6.45) is 2.03. The molecule has 5 nitrogen and oxygen atoms in total. The van der Waals surface area contributed by atoms with Crippen LogP contribution >= 0.6 is 0 Å². The van der Waals surface area contributed by atoms with Crippen LogP contribution in [0.3, 0.4) is 0 Å². The van der Waals surface area contributed by atoms with Gasteiger partial charge in [0.25, 0.3) is 0 Å². The Hall–Kier alpha value is -2.31. The number of hydrogen-bond donors (Lipinski definition) is 1. The van der Waals surface area contributed by atoms with Crippen molar-refractivity contribution in [3.63, 3.8) is 0 Å². The highest BCUT2D eigenvalue weighted by atomic mass is 32.2. The number of aryl methyl sites for hydroxylation is 2. The molecular weight excluding hydrogens is 334 g/mol. The third-order valence-corrected chi connectivity index (χ3v) is 5.66. The Morgan fingerprint density at radius 2 is 1.96 bits per heavy atom. The fourth-order valence-corrected chi connectivity index (χ4v) is 4.31. The minimum Gasteiger partial charge on any atom is -0.346 e. The van der Waals surface area contributed by atoms with Crippen molar-refractivity contribution < 1.29 is 4.21 Å². The quantitative estimate of drug-likeness (QED) is 0.668. The third-order valence-electron chi connectivity index (χ3n) is 4.14. The van der Waals surface area contributed by atoms with E-state index in [2.05, 4.69) is 32.7 Å². The molecule has 1 aromatic heterocycles. The zero-order valence-corrected chi connectivity index (χ0v) is 15.3. The van der Waals surface area contributed by atoms with E-state index in [0.717, 1.165) is 16.6 Å². The average Bonchev–Trinajstić information content (AvgIpc) is 2.96. The van der Waals surface area contributed by atoms with Gasteiger partial charge in [0.05, 0.1) is 4.90 Å². The number of rotatable bonds is 6. The lowest BCUT2D eigenvalue weighted by Crippen LogP contribution is -2.32. The van der Waals surface area contributed by atoms with Crippen LogP contribution in [0.5, 0.6) is 0 Å². The molecule has 0 aliphatic carbocycles. The lowest BCUT2D eigenvalue weighted by Gasteiger charge is -2.17. The molecule has 0 saturated heterocycles. The molecule has 0 spiro atoms. The minimum absolute atomic E-state index is 0.0446. The van der Waals surface area contributed by atoms with Crippen molar-refractivity contribution in [3.05, 3.63) is 64.7 Å². The first-order chi connectivity index (χ1) is 12.0. The molecule has 25 heavy (non-hydrogen) atoms. The summed E-state index contributed by atoms with van der Waals surface area (Å²) >= 11 is 0. The third kappa shape index (κ3) is 3.70. The van der Waals surface area contributed by atoms with Crippen LogP contribution in [0.2, 0.25) is 0 Å². The molecule has 3 aromatic rings. The van der Waals surface area contributed by atoms with Gasteiger partial charge in [-0.15, -0.1) is 4.91 Å². The van der Waals surface area contributed by atoms with E-state index >= 15 is 0 Å². The zero-order chi connectivity index (χ0) is 18.0. The van der Waals surface area contributed by atoms with Crippen molar-refractivity contribution in [1.29, 1.82) is 0 Å². The smallest absolute Gasteiger partial charge is 0.127 e. The maximum absolute atomic E-state index is 12.8. The number of hydrogen-bond acceptors (Lipinski definition) is 3. The second-order valence-corrected chi connectivity index (χ2v) is 7.52. The first-order valence-corrected chi connectivity index (χ1v) is 9.31. The molecule has 0 radical (unpaired) electrons. The topological polar surface area (TPSA) is 63.5 Å². The summed E-state index contributed by atoms with van der Waals surface area (Å²) in [5.74, 6) is 0. The van der Waals surface area contributed by atoms with Crippen LogP contribution in [-0.2, 0) is 17.5 Å². The normalized spacial score (nSPS) is 13.7. The van der Waals surface area contributed by atoms with Crippen LogP contribution in [0.15, 0.2) is 58.7 Å². The van der Waals surface area contributed by atoms with Gasteiger partial charge in [0.1, 0.15) is 16.7 Å². The predicted molar refractivity (Wildman–Crippen MR) is 102 cm³/mol. The number of nitroso groups, excluding NO2 is 1. The van der Waals surface area contributed by atoms with E-state index in [1.54, 1.807) is 6.07 Å². The molecule has 1 N–H and O–H groups in total. The Morgan fingerprint density at radius 3 is 2.72 bits per heavy atom. The van der Waals surface area contributed by atoms with E-state index in [1.807, 2.05) is 45.2 Å². The number of benzene rings is 2. The fraction of sp³-hybridized carbons (Fsp3) is 0.263. The number of aromatic nitrogens is 1. The molecule has 6 heteroatoms. The SMILES string of the molecule is Cc1cc(C)c(S(=O)NC(C)Cn2ccc3ccccc32)c(N=O)c1. The number of para-hydroxylation sites is 1. The van der Waals surface area contributed by atoms with E-state index in [9.17, 15) is 9.12 Å². The largest absolute Gasteiger partial charge is 0.346 e. The maximum atomic E-state index is 12.8. The van der Waals surface area contributed by atoms with Gasteiger partial charge in [0.15, 0.2) is 0 Å². The van der Waals surface area contributed by atoms with E-state index < -0.39 is 11.0 Å². The highest BCUT2D eigenvalue weighted by Crippen LogP contribution is 2.27. The molecule has 0 bridgehead atoms. The Labute approximate surface area is 149 Å². The monoisotopic (exact) mass is 355 g/mol. The first kappa shape index (κ1) is 17.5. The van der Waals surface area contributed by atoms with E-state index in [1.165, 1.54) is 5.39 Å². The lowest BCUT2D eigenvalue weighted by molar-refractivity contribution is 0.560. The summed E-state index contributed by atoms with van der Waals surface area (Å²) in [4.78, 5) is 11.6. The summed E-state index contributed by atoms with van der Waals surface area (Å²) in [6.45, 7) is 6.39. The molecule has 0 fully saturated rings. The van der Waals surface area contributed by atoms with Crippen molar-refractivity contribution in [1.82, 2.24) is 9.29 Å². The summed E-state index contributed by atoms with van der Waals surface area (Å²) < 4.78 is 18.0. The van der Waals surface area contributed by atoms with Crippen molar-refractivity contribution >= 4 is 27.6 Å². The highest BCUT2D eigenvalue weighted by molar-refractivity contribution is 7.83. The number of nitrogens with zero attached hydrogens (tertiary/aromatic N) is 2. The fourth-order valence-electron chi connectivity index (χ4n) is 3.11. The second-order valence-electron chi connectivity index (χ2n) is 6.34. The summed E-state index contributed by atoms with van der Waals surface area (Å²) in [6, 6.07) is 13.8. The van der Waals surface area contributed by atoms with Crippen LogP contribution in [0.4, 0.5) is 5.69 Å². The van der Waals surface area contributed by atoms with Gasteiger partial charge in [-0.3, -0.25) is 0 Å². The Morgan fingerprint density at radius 1 is 1.20 bits per heavy atom. The lowest BCUT2D eigenvalue weighted by atomic mass is 10.1. The molecule has 0 amide bonds. The van der Waals surface area contributed by atoms with Gasteiger partial charge in [-0.25, -0.2) is 8.93 Å². The summed E-state index contributed by atoms with van der Waals surface area (Å²) in [5, 5.41) is 4.23. The van der Waals surface area contributed by atoms with Crippen LogP contribution < -0.4 is 4.72 Å². The predicted octanol–water partition coefficient (Wildman–Crippen LogP) is 4.36. The molecule has 0 saturated carbocycles. The van der Waals surface area contributed by atoms with Crippen molar-refractivity contribution in [2.45, 2.75) is 38.3 Å². The minimum atomic E-state index is -1.50. The van der Waals surface area contributed by atoms with Crippen molar-refractivity contribution in [2.24, 2.45) is 5.18 Å². The second kappa shape index (κ2) is 7.29. The summed E-state index contributed by atoms with van der Waals surface area (Å²) in [7, 11) is -1.50. The molecule has 2 unspecified atom stereocenters. The molecule has 0 aliphatic rings. The Balaban J connectivity index is 1.78. The van der Waals surface area contributed by atoms with E-state index in [-0.39, 0.29) is 11.7 Å². The van der Waals surface area contributed by atoms with Gasteiger partial charge in [-0.05, 0) is 60.7 Å². The molecule has 130 valence electrons. The van der Waals surface area contributed by atoms with Crippen molar-refractivity contribution in [3.8, 4) is 0 Å². The van der Waals surface area contributed by atoms with E-state index in [4.69, 9.17) is 0 Å². The Kier molecular flexibility index (Phi) is 5.11. The van der Waals surface area contributed by atoms with Crippen LogP contribution in [0, 0.1) is 18.8 Å². The number of fused-ring (bicyclic) bond motifs is 1. The molecular formula is C19H21N3O2S. The van der Waals surface area contributed by atoms with Gasteiger partial charge >= 0.3 is 0 Å². The van der Waals surface area contributed by atoms with Crippen LogP contribution in [0.1, 0.15) is 18.1 Å². The van der Waals surface area contributed by atoms with Crippen LogP contribution in [0.25, 0.3) is 10.9 Å². The van der Waals surface area contributed by atoms with Gasteiger partial charge in [-0.1, -0.05) is 24.3 Å². The standard InChI is InChI=1S/C19H21N3O2S/c1-13-10-14(2)19(17(11-13)20-23)25(24)21-15(3)12-22-9-8-16-6-4-5-7-18(16)22/h4-11,15,21H,12H2,1-3H3. The van der Waals surface area contributed by atoms with Gasteiger partial charge in [-0.2, -0.15) is 0 Å². The number of nitrogens with one attached hydrogen (secondary N) is 1. The van der Waals surface area contributed by atoms with Gasteiger partial charge < -0.3 is 4.57 Å². The average molecular weight is 355 g/mol. The highest BCUT2D eigenvalue weighted by Gasteiger charge is 2.17. The van der Waals surface area contributed by atoms with Gasteiger partial charge in [0, 0.05) is 24.3 Å². The first-order valence-electron chi connectivity index (χ1n) is 8.16. The molecule has 3 rings (SSSR count). The van der Waals surface area contributed by atoms with Crippen LogP contribution in [-0.4, -0.2) is 14.8 Å². The molecule has 1 heterocycles. The van der Waals surface area contributed by atoms with Gasteiger partial charge in [0.2, 0.25) is 0 Å². The van der Waals surface area contributed by atoms with E-state index in [0.29, 0.717) is 11.4 Å². The summed E-state index contributed by atoms with van der Waals surface area (Å²) in [5.41, 5.74) is 3.12. The molecule has 2 aromatic carbocycles. The van der Waals surface area contributed by atoms with Crippen molar-refractivity contribution in [2.75, 3.05) is 0 Å². The molecule has 2 atom stereocenters.